The topological polar surface area (TPSA) is 95.9 Å². The number of hydrogen-bond donors (Lipinski definition) is 3. The fourth-order valence-corrected chi connectivity index (χ4v) is 1.36. The maximum atomic E-state index is 11.4. The van der Waals surface area contributed by atoms with Crippen molar-refractivity contribution in [2.75, 3.05) is 13.2 Å². The van der Waals surface area contributed by atoms with E-state index in [4.69, 9.17) is 14.9 Å². The second-order valence-corrected chi connectivity index (χ2v) is 3.93. The molecule has 1 aromatic carbocycles. The second kappa shape index (κ2) is 7.96. The minimum absolute atomic E-state index is 0.332. The molecule has 0 aliphatic rings. The number of benzene rings is 1. The molecule has 0 aromatic heterocycles. The quantitative estimate of drug-likeness (QED) is 0.637. The number of nitrogens with one attached hydrogen (secondary N) is 1. The van der Waals surface area contributed by atoms with E-state index in [2.05, 4.69) is 5.32 Å². The van der Waals surface area contributed by atoms with Gasteiger partial charge in [-0.05, 0) is 30.7 Å². The molecule has 0 saturated heterocycles. The van der Waals surface area contributed by atoms with Gasteiger partial charge in [0.15, 0.2) is 6.10 Å². The summed E-state index contributed by atoms with van der Waals surface area (Å²) >= 11 is 0. The summed E-state index contributed by atoms with van der Waals surface area (Å²) in [5.74, 6) is -1.10. The third kappa shape index (κ3) is 5.53. The molecule has 0 unspecified atom stereocenters. The summed E-state index contributed by atoms with van der Waals surface area (Å²) in [6.07, 6.45) is 1.25. The maximum Gasteiger partial charge on any atom is 0.334 e. The number of carbonyl (C=O) groups excluding carboxylic acids is 1. The van der Waals surface area contributed by atoms with Crippen molar-refractivity contribution in [3.8, 4) is 5.75 Å². The van der Waals surface area contributed by atoms with Crippen LogP contribution in [-0.4, -0.2) is 41.3 Å². The Balaban J connectivity index is 2.46. The van der Waals surface area contributed by atoms with Crippen molar-refractivity contribution < 1.29 is 24.5 Å². The van der Waals surface area contributed by atoms with Gasteiger partial charge in [0.1, 0.15) is 5.75 Å². The molecule has 0 spiro atoms. The normalized spacial score (nSPS) is 12.1. The SMILES string of the molecule is CCOc1ccc(/C=C/C(=O)NC[C@H](O)C(=O)O)cc1. The van der Waals surface area contributed by atoms with Crippen LogP contribution in [0.3, 0.4) is 0 Å². The number of carboxylic acid groups (broad SMARTS) is 1. The first-order valence-corrected chi connectivity index (χ1v) is 6.12. The summed E-state index contributed by atoms with van der Waals surface area (Å²) in [6, 6.07) is 7.16. The molecule has 0 saturated carbocycles. The van der Waals surface area contributed by atoms with Gasteiger partial charge in [0, 0.05) is 6.08 Å². The van der Waals surface area contributed by atoms with Crippen molar-refractivity contribution >= 4 is 18.0 Å². The number of rotatable bonds is 7. The minimum Gasteiger partial charge on any atom is -0.494 e. The predicted octanol–water partition coefficient (Wildman–Crippen LogP) is 0.660. The Morgan fingerprint density at radius 2 is 2.00 bits per heavy atom. The number of carboxylic acids is 1. The lowest BCUT2D eigenvalue weighted by Gasteiger charge is -2.05. The Bertz CT molecular complexity index is 481. The molecule has 1 rings (SSSR count). The van der Waals surface area contributed by atoms with Crippen molar-refractivity contribution in [3.63, 3.8) is 0 Å². The molecule has 1 atom stereocenters. The van der Waals surface area contributed by atoms with Crippen LogP contribution in [-0.2, 0) is 9.59 Å². The number of aliphatic hydroxyl groups excluding tert-OH is 1. The van der Waals surface area contributed by atoms with E-state index in [0.717, 1.165) is 11.3 Å². The van der Waals surface area contributed by atoms with Gasteiger partial charge in [-0.25, -0.2) is 4.79 Å². The van der Waals surface area contributed by atoms with Gasteiger partial charge in [-0.1, -0.05) is 12.1 Å². The highest BCUT2D eigenvalue weighted by molar-refractivity contribution is 5.92. The van der Waals surface area contributed by atoms with Crippen LogP contribution in [0.2, 0.25) is 0 Å². The first-order chi connectivity index (χ1) is 9.52. The lowest BCUT2D eigenvalue weighted by molar-refractivity contribution is -0.146. The molecule has 0 radical (unpaired) electrons. The zero-order valence-electron chi connectivity index (χ0n) is 11.1. The molecule has 0 bridgehead atoms. The predicted molar refractivity (Wildman–Crippen MR) is 73.3 cm³/mol. The standard InChI is InChI=1S/C14H17NO5/c1-2-20-11-6-3-10(4-7-11)5-8-13(17)15-9-12(16)14(18)19/h3-8,12,16H,2,9H2,1H3,(H,15,17)(H,18,19)/b8-5+/t12-/m0/s1. The molecule has 6 heteroatoms. The number of aliphatic hydroxyl groups is 1. The average molecular weight is 279 g/mol. The molecule has 108 valence electrons. The third-order valence-electron chi connectivity index (χ3n) is 2.37. The number of aliphatic carboxylic acids is 1. The van der Waals surface area contributed by atoms with Gasteiger partial charge in [-0.3, -0.25) is 4.79 Å². The van der Waals surface area contributed by atoms with Crippen molar-refractivity contribution in [1.82, 2.24) is 5.32 Å². The summed E-state index contributed by atoms with van der Waals surface area (Å²) < 4.78 is 5.29. The fourth-order valence-electron chi connectivity index (χ4n) is 1.36. The van der Waals surface area contributed by atoms with Crippen LogP contribution in [0.4, 0.5) is 0 Å². The first kappa shape index (κ1) is 15.7. The lowest BCUT2D eigenvalue weighted by Crippen LogP contribution is -2.35. The molecular weight excluding hydrogens is 262 g/mol. The van der Waals surface area contributed by atoms with Gasteiger partial charge < -0.3 is 20.3 Å². The van der Waals surface area contributed by atoms with Crippen LogP contribution in [0, 0.1) is 0 Å². The van der Waals surface area contributed by atoms with Crippen LogP contribution in [0.25, 0.3) is 6.08 Å². The van der Waals surface area contributed by atoms with Gasteiger partial charge in [-0.15, -0.1) is 0 Å². The van der Waals surface area contributed by atoms with Gasteiger partial charge in [0.2, 0.25) is 5.91 Å². The average Bonchev–Trinajstić information content (AvgIpc) is 2.44. The number of hydrogen-bond acceptors (Lipinski definition) is 4. The Morgan fingerprint density at radius 1 is 1.35 bits per heavy atom. The van der Waals surface area contributed by atoms with Crippen LogP contribution in [0.15, 0.2) is 30.3 Å². The minimum atomic E-state index is -1.60. The van der Waals surface area contributed by atoms with Gasteiger partial charge in [0.05, 0.1) is 13.2 Å². The van der Waals surface area contributed by atoms with Crippen molar-refractivity contribution in [2.24, 2.45) is 0 Å². The monoisotopic (exact) mass is 279 g/mol. The van der Waals surface area contributed by atoms with Gasteiger partial charge in [-0.2, -0.15) is 0 Å². The van der Waals surface area contributed by atoms with Crippen LogP contribution in [0.1, 0.15) is 12.5 Å². The van der Waals surface area contributed by atoms with E-state index in [1.807, 2.05) is 6.92 Å². The molecule has 0 heterocycles. The molecule has 1 aromatic rings. The largest absolute Gasteiger partial charge is 0.494 e. The van der Waals surface area contributed by atoms with E-state index in [0.29, 0.717) is 6.61 Å². The molecule has 0 fully saturated rings. The third-order valence-corrected chi connectivity index (χ3v) is 2.37. The highest BCUT2D eigenvalue weighted by Crippen LogP contribution is 2.12. The van der Waals surface area contributed by atoms with Crippen LogP contribution >= 0.6 is 0 Å². The molecule has 6 nitrogen and oxygen atoms in total. The Kier molecular flexibility index (Phi) is 6.25. The van der Waals surface area contributed by atoms with E-state index in [1.165, 1.54) is 6.08 Å². The highest BCUT2D eigenvalue weighted by Gasteiger charge is 2.12. The van der Waals surface area contributed by atoms with Crippen molar-refractivity contribution in [2.45, 2.75) is 13.0 Å². The number of carbonyl (C=O) groups is 2. The molecule has 0 aliphatic carbocycles. The van der Waals surface area contributed by atoms with E-state index >= 15 is 0 Å². The van der Waals surface area contributed by atoms with Crippen LogP contribution < -0.4 is 10.1 Å². The van der Waals surface area contributed by atoms with Crippen molar-refractivity contribution in [3.05, 3.63) is 35.9 Å². The fraction of sp³-hybridized carbons (Fsp3) is 0.286. The summed E-state index contributed by atoms with van der Waals surface area (Å²) in [7, 11) is 0. The number of ether oxygens (including phenoxy) is 1. The summed E-state index contributed by atoms with van der Waals surface area (Å²) in [5, 5.41) is 19.7. The summed E-state index contributed by atoms with van der Waals surface area (Å²) in [6.45, 7) is 2.15. The van der Waals surface area contributed by atoms with Crippen LogP contribution in [0.5, 0.6) is 5.75 Å². The van der Waals surface area contributed by atoms with E-state index in [1.54, 1.807) is 30.3 Å². The summed E-state index contributed by atoms with van der Waals surface area (Å²) in [4.78, 5) is 21.7. The maximum absolute atomic E-state index is 11.4. The molecule has 20 heavy (non-hydrogen) atoms. The second-order valence-electron chi connectivity index (χ2n) is 3.93. The lowest BCUT2D eigenvalue weighted by atomic mass is 10.2. The van der Waals surface area contributed by atoms with Gasteiger partial charge in [0.25, 0.3) is 0 Å². The number of amides is 1. The Morgan fingerprint density at radius 3 is 2.55 bits per heavy atom. The summed E-state index contributed by atoms with van der Waals surface area (Å²) in [5.41, 5.74) is 0.808. The molecule has 1 amide bonds. The van der Waals surface area contributed by atoms with Gasteiger partial charge >= 0.3 is 5.97 Å². The zero-order valence-corrected chi connectivity index (χ0v) is 11.1. The first-order valence-electron chi connectivity index (χ1n) is 6.12. The van der Waals surface area contributed by atoms with E-state index in [9.17, 15) is 9.59 Å². The molecular formula is C14H17NO5. The van der Waals surface area contributed by atoms with Crippen molar-refractivity contribution in [1.29, 1.82) is 0 Å². The van der Waals surface area contributed by atoms with E-state index in [-0.39, 0.29) is 6.54 Å². The molecule has 0 aliphatic heterocycles. The highest BCUT2D eigenvalue weighted by atomic mass is 16.5. The smallest absolute Gasteiger partial charge is 0.334 e. The van der Waals surface area contributed by atoms with E-state index < -0.39 is 18.0 Å². The Labute approximate surface area is 116 Å². The Hall–Kier alpha value is -2.34. The zero-order chi connectivity index (χ0) is 15.0. The molecule has 3 N–H and O–H groups in total.